The van der Waals surface area contributed by atoms with Gasteiger partial charge in [-0.05, 0) is 56.9 Å². The predicted octanol–water partition coefficient (Wildman–Crippen LogP) is 2.56. The number of rotatable bonds is 8. The largest absolute Gasteiger partial charge is 0.383 e. The smallest absolute Gasteiger partial charge is 0.330 e. The lowest BCUT2D eigenvalue weighted by Crippen LogP contribution is -2.54. The minimum Gasteiger partial charge on any atom is -0.383 e. The summed E-state index contributed by atoms with van der Waals surface area (Å²) >= 11 is 0. The van der Waals surface area contributed by atoms with E-state index < -0.39 is 11.2 Å². The number of H-pyrrole nitrogens is 1. The molecule has 2 aliphatic rings. The molecule has 0 radical (unpaired) electrons. The Bertz CT molecular complexity index is 875. The molecule has 1 saturated carbocycles. The van der Waals surface area contributed by atoms with E-state index in [1.54, 1.807) is 0 Å². The molecule has 3 rings (SSSR count). The number of nitrogens with two attached hydrogens (primary N) is 1. The number of fused-ring (bicyclic) bond motifs is 1. The summed E-state index contributed by atoms with van der Waals surface area (Å²) in [6.07, 6.45) is 8.44. The van der Waals surface area contributed by atoms with Crippen LogP contribution >= 0.6 is 0 Å². The zero-order valence-corrected chi connectivity index (χ0v) is 19.4. The Labute approximate surface area is 184 Å². The van der Waals surface area contributed by atoms with Gasteiger partial charge in [0.25, 0.3) is 5.56 Å². The van der Waals surface area contributed by atoms with Crippen molar-refractivity contribution in [2.45, 2.75) is 84.7 Å². The fourth-order valence-corrected chi connectivity index (χ4v) is 5.59. The van der Waals surface area contributed by atoms with Crippen LogP contribution in [0.25, 0.3) is 0 Å². The van der Waals surface area contributed by atoms with Crippen molar-refractivity contribution in [3.8, 4) is 0 Å². The SMILES string of the molecule is CCCCN(C(=O)CN1CCC[C@@H]2CCC[C@H](C)[C@H]21)c1c(N)n(CCC)c(=O)[nH]c1=O. The van der Waals surface area contributed by atoms with E-state index in [0.717, 1.165) is 25.8 Å². The van der Waals surface area contributed by atoms with Gasteiger partial charge >= 0.3 is 5.69 Å². The van der Waals surface area contributed by atoms with Crippen molar-refractivity contribution in [2.75, 3.05) is 30.3 Å². The van der Waals surface area contributed by atoms with Gasteiger partial charge < -0.3 is 10.6 Å². The third kappa shape index (κ3) is 5.05. The average molecular weight is 434 g/mol. The van der Waals surface area contributed by atoms with Crippen LogP contribution in [0, 0.1) is 11.8 Å². The first kappa shape index (κ1) is 23.6. The van der Waals surface area contributed by atoms with Crippen LogP contribution in [-0.2, 0) is 11.3 Å². The van der Waals surface area contributed by atoms with E-state index >= 15 is 0 Å². The van der Waals surface area contributed by atoms with Crippen molar-refractivity contribution >= 4 is 17.4 Å². The van der Waals surface area contributed by atoms with Crippen molar-refractivity contribution in [3.05, 3.63) is 20.8 Å². The van der Waals surface area contributed by atoms with Gasteiger partial charge in [0.2, 0.25) is 5.91 Å². The molecule has 0 unspecified atom stereocenters. The molecule has 8 nitrogen and oxygen atoms in total. The van der Waals surface area contributed by atoms with Gasteiger partial charge in [-0.25, -0.2) is 4.79 Å². The highest BCUT2D eigenvalue weighted by Gasteiger charge is 2.39. The molecule has 174 valence electrons. The molecule has 1 aromatic rings. The first-order valence-corrected chi connectivity index (χ1v) is 12.1. The molecule has 31 heavy (non-hydrogen) atoms. The number of aromatic amines is 1. The van der Waals surface area contributed by atoms with Gasteiger partial charge in [-0.2, -0.15) is 0 Å². The van der Waals surface area contributed by atoms with Gasteiger partial charge in [0.05, 0.1) is 6.54 Å². The van der Waals surface area contributed by atoms with E-state index in [2.05, 4.69) is 16.8 Å². The fraction of sp³-hybridized carbons (Fsp3) is 0.783. The fourth-order valence-electron chi connectivity index (χ4n) is 5.59. The molecule has 0 aromatic carbocycles. The summed E-state index contributed by atoms with van der Waals surface area (Å²) in [6.45, 7) is 8.32. The first-order chi connectivity index (χ1) is 14.9. The Balaban J connectivity index is 1.91. The second kappa shape index (κ2) is 10.5. The highest BCUT2D eigenvalue weighted by Crippen LogP contribution is 2.38. The maximum atomic E-state index is 13.5. The lowest BCUT2D eigenvalue weighted by atomic mass is 9.73. The standard InChI is InChI=1S/C23H39N5O3/c1-4-6-14-27(20-21(24)28(12-5-2)23(31)25-22(20)30)18(29)15-26-13-8-11-17-10-7-9-16(3)19(17)26/h16-17,19H,4-15,24H2,1-3H3,(H,25,30,31)/t16-,17-,19+/m0/s1. The normalized spacial score (nSPS) is 24.0. The third-order valence-electron chi connectivity index (χ3n) is 7.05. The third-order valence-corrected chi connectivity index (χ3v) is 7.05. The number of nitrogen functional groups attached to an aromatic ring is 1. The topological polar surface area (TPSA) is 104 Å². The Morgan fingerprint density at radius 1 is 1.16 bits per heavy atom. The van der Waals surface area contributed by atoms with E-state index in [-0.39, 0.29) is 17.4 Å². The Kier molecular flexibility index (Phi) is 7.97. The monoisotopic (exact) mass is 433 g/mol. The van der Waals surface area contributed by atoms with Crippen LogP contribution in [0.5, 0.6) is 0 Å². The quantitative estimate of drug-likeness (QED) is 0.656. The van der Waals surface area contributed by atoms with Crippen molar-refractivity contribution in [2.24, 2.45) is 11.8 Å². The van der Waals surface area contributed by atoms with Gasteiger partial charge in [0.15, 0.2) is 5.69 Å². The molecular formula is C23H39N5O3. The molecule has 1 aliphatic heterocycles. The average Bonchev–Trinajstić information content (AvgIpc) is 2.73. The molecule has 8 heteroatoms. The summed E-state index contributed by atoms with van der Waals surface area (Å²) in [5.74, 6) is 1.22. The van der Waals surface area contributed by atoms with Gasteiger partial charge in [0, 0.05) is 19.1 Å². The number of nitrogens with zero attached hydrogens (tertiary/aromatic N) is 3. The number of carbonyl (C=O) groups excluding carboxylic acids is 1. The molecule has 2 heterocycles. The Hall–Kier alpha value is -2.09. The first-order valence-electron chi connectivity index (χ1n) is 12.1. The Morgan fingerprint density at radius 2 is 1.90 bits per heavy atom. The van der Waals surface area contributed by atoms with Gasteiger partial charge in [-0.1, -0.05) is 33.6 Å². The molecule has 0 spiro atoms. The summed E-state index contributed by atoms with van der Waals surface area (Å²) in [5, 5.41) is 0. The van der Waals surface area contributed by atoms with Crippen LogP contribution in [0.1, 0.15) is 72.1 Å². The van der Waals surface area contributed by atoms with Crippen molar-refractivity contribution in [3.63, 3.8) is 0 Å². The number of carbonyl (C=O) groups is 1. The van der Waals surface area contributed by atoms with Crippen LogP contribution in [0.15, 0.2) is 9.59 Å². The van der Waals surface area contributed by atoms with E-state index in [1.807, 2.05) is 13.8 Å². The molecular weight excluding hydrogens is 394 g/mol. The van der Waals surface area contributed by atoms with Gasteiger partial charge in [-0.15, -0.1) is 0 Å². The van der Waals surface area contributed by atoms with E-state index in [0.29, 0.717) is 43.9 Å². The highest BCUT2D eigenvalue weighted by atomic mass is 16.2. The number of hydrogen-bond acceptors (Lipinski definition) is 5. The minimum absolute atomic E-state index is 0.0857. The summed E-state index contributed by atoms with van der Waals surface area (Å²) in [6, 6.07) is 0.434. The molecule has 1 amide bonds. The summed E-state index contributed by atoms with van der Waals surface area (Å²) in [4.78, 5) is 44.8. The van der Waals surface area contributed by atoms with E-state index in [4.69, 9.17) is 5.73 Å². The molecule has 1 saturated heterocycles. The molecule has 1 aliphatic carbocycles. The zero-order valence-electron chi connectivity index (χ0n) is 19.4. The molecule has 2 fully saturated rings. The number of anilines is 2. The molecule has 0 bridgehead atoms. The number of aromatic nitrogens is 2. The maximum absolute atomic E-state index is 13.5. The number of amides is 1. The number of piperidine rings is 1. The zero-order chi connectivity index (χ0) is 22.5. The lowest BCUT2D eigenvalue weighted by Gasteiger charge is -2.47. The maximum Gasteiger partial charge on any atom is 0.330 e. The minimum atomic E-state index is -0.582. The van der Waals surface area contributed by atoms with Crippen molar-refractivity contribution in [1.82, 2.24) is 14.5 Å². The number of hydrogen-bond donors (Lipinski definition) is 2. The Morgan fingerprint density at radius 3 is 2.61 bits per heavy atom. The number of likely N-dealkylation sites (tertiary alicyclic amines) is 1. The van der Waals surface area contributed by atoms with Gasteiger partial charge in [0.1, 0.15) is 5.82 Å². The molecule has 3 atom stereocenters. The van der Waals surface area contributed by atoms with Crippen LogP contribution in [0.3, 0.4) is 0 Å². The van der Waals surface area contributed by atoms with E-state index in [1.165, 1.54) is 35.2 Å². The predicted molar refractivity (Wildman–Crippen MR) is 124 cm³/mol. The van der Waals surface area contributed by atoms with Gasteiger partial charge in [-0.3, -0.25) is 24.0 Å². The van der Waals surface area contributed by atoms with E-state index in [9.17, 15) is 14.4 Å². The van der Waals surface area contributed by atoms with Crippen LogP contribution in [-0.4, -0.2) is 46.0 Å². The number of unbranched alkanes of at least 4 members (excludes halogenated alkanes) is 1. The highest BCUT2D eigenvalue weighted by molar-refractivity contribution is 5.96. The summed E-state index contributed by atoms with van der Waals surface area (Å²) in [5.41, 5.74) is 5.30. The van der Waals surface area contributed by atoms with Crippen LogP contribution in [0.4, 0.5) is 11.5 Å². The van der Waals surface area contributed by atoms with Crippen LogP contribution in [0.2, 0.25) is 0 Å². The summed E-state index contributed by atoms with van der Waals surface area (Å²) < 4.78 is 1.36. The molecule has 3 N–H and O–H groups in total. The molecule has 1 aromatic heterocycles. The van der Waals surface area contributed by atoms with Crippen LogP contribution < -0.4 is 21.9 Å². The second-order valence-electron chi connectivity index (χ2n) is 9.32. The van der Waals surface area contributed by atoms with Crippen molar-refractivity contribution in [1.29, 1.82) is 0 Å². The second-order valence-corrected chi connectivity index (χ2v) is 9.32. The number of nitrogens with one attached hydrogen (secondary N) is 1. The van der Waals surface area contributed by atoms with Crippen molar-refractivity contribution < 1.29 is 4.79 Å². The lowest BCUT2D eigenvalue weighted by molar-refractivity contribution is -0.122. The summed E-state index contributed by atoms with van der Waals surface area (Å²) in [7, 11) is 0.